The van der Waals surface area contributed by atoms with Crippen molar-refractivity contribution < 1.29 is 14.7 Å². The molecule has 0 unspecified atom stereocenters. The number of allylic oxidation sites excluding steroid dienone is 2. The second-order valence-corrected chi connectivity index (χ2v) is 6.15. The molecule has 23 heavy (non-hydrogen) atoms. The van der Waals surface area contributed by atoms with Crippen LogP contribution in [0.25, 0.3) is 0 Å². The van der Waals surface area contributed by atoms with Crippen LogP contribution in [0.1, 0.15) is 90.4 Å². The van der Waals surface area contributed by atoms with Gasteiger partial charge in [-0.25, -0.2) is 0 Å². The number of amides is 1. The number of unbranched alkanes of at least 4 members (excludes halogenated alkanes) is 10. The molecule has 0 saturated heterocycles. The van der Waals surface area contributed by atoms with E-state index in [4.69, 9.17) is 5.11 Å². The van der Waals surface area contributed by atoms with Crippen LogP contribution in [0, 0.1) is 0 Å². The highest BCUT2D eigenvalue weighted by atomic mass is 16.4. The zero-order valence-corrected chi connectivity index (χ0v) is 14.8. The standard InChI is InChI=1S/C19H35NO3/c1-2-3-4-5-6-7-8-9-10-11-12-13-14-15-16-18(21)20-17-19(22)23/h8-9H,2-7,10-17H2,1H3,(H,20,21)(H,22,23)/b9-8-. The van der Waals surface area contributed by atoms with E-state index in [1.807, 2.05) is 0 Å². The Balaban J connectivity index is 3.21. The molecule has 134 valence electrons. The highest BCUT2D eigenvalue weighted by molar-refractivity contribution is 5.80. The number of carbonyl (C=O) groups excluding carboxylic acids is 1. The van der Waals surface area contributed by atoms with E-state index < -0.39 is 5.97 Å². The Kier molecular flexibility index (Phi) is 16.1. The van der Waals surface area contributed by atoms with Crippen LogP contribution in [0.4, 0.5) is 0 Å². The van der Waals surface area contributed by atoms with E-state index in [1.165, 1.54) is 51.4 Å². The van der Waals surface area contributed by atoms with E-state index in [9.17, 15) is 9.59 Å². The molecule has 0 fully saturated rings. The first-order chi connectivity index (χ1) is 11.2. The van der Waals surface area contributed by atoms with E-state index in [2.05, 4.69) is 24.4 Å². The van der Waals surface area contributed by atoms with Crippen LogP contribution in [0.3, 0.4) is 0 Å². The van der Waals surface area contributed by atoms with Gasteiger partial charge in [0.25, 0.3) is 0 Å². The van der Waals surface area contributed by atoms with Gasteiger partial charge in [0.15, 0.2) is 0 Å². The van der Waals surface area contributed by atoms with Crippen molar-refractivity contribution in [2.75, 3.05) is 6.54 Å². The average Bonchev–Trinajstić information content (AvgIpc) is 2.53. The van der Waals surface area contributed by atoms with Crippen molar-refractivity contribution in [3.63, 3.8) is 0 Å². The van der Waals surface area contributed by atoms with E-state index in [0.717, 1.165) is 25.7 Å². The van der Waals surface area contributed by atoms with Crippen molar-refractivity contribution >= 4 is 11.9 Å². The normalized spacial score (nSPS) is 11.0. The number of carboxylic acid groups (broad SMARTS) is 1. The third-order valence-corrected chi connectivity index (χ3v) is 3.85. The lowest BCUT2D eigenvalue weighted by atomic mass is 10.1. The van der Waals surface area contributed by atoms with Gasteiger partial charge in [0, 0.05) is 6.42 Å². The summed E-state index contributed by atoms with van der Waals surface area (Å²) in [4.78, 5) is 21.6. The monoisotopic (exact) mass is 325 g/mol. The van der Waals surface area contributed by atoms with Gasteiger partial charge >= 0.3 is 5.97 Å². The van der Waals surface area contributed by atoms with Crippen molar-refractivity contribution in [1.29, 1.82) is 0 Å². The molecule has 0 heterocycles. The third kappa shape index (κ3) is 18.6. The molecule has 0 aromatic rings. The number of carbonyl (C=O) groups is 2. The lowest BCUT2D eigenvalue weighted by Gasteiger charge is -2.02. The maximum atomic E-state index is 11.3. The quantitative estimate of drug-likeness (QED) is 0.315. The Morgan fingerprint density at radius 1 is 0.826 bits per heavy atom. The van der Waals surface area contributed by atoms with Crippen LogP contribution in [0.5, 0.6) is 0 Å². The van der Waals surface area contributed by atoms with Crippen LogP contribution >= 0.6 is 0 Å². The van der Waals surface area contributed by atoms with Gasteiger partial charge in [0.05, 0.1) is 0 Å². The maximum Gasteiger partial charge on any atom is 0.322 e. The molecule has 0 aromatic carbocycles. The van der Waals surface area contributed by atoms with Gasteiger partial charge in [-0.3, -0.25) is 9.59 Å². The topological polar surface area (TPSA) is 66.4 Å². The van der Waals surface area contributed by atoms with Crippen molar-refractivity contribution in [3.8, 4) is 0 Å². The van der Waals surface area contributed by atoms with Crippen LogP contribution in [-0.2, 0) is 9.59 Å². The summed E-state index contributed by atoms with van der Waals surface area (Å²) >= 11 is 0. The van der Waals surface area contributed by atoms with E-state index in [1.54, 1.807) is 0 Å². The lowest BCUT2D eigenvalue weighted by Crippen LogP contribution is -2.28. The number of hydrogen-bond donors (Lipinski definition) is 2. The molecule has 2 N–H and O–H groups in total. The van der Waals surface area contributed by atoms with Gasteiger partial charge in [-0.2, -0.15) is 0 Å². The fraction of sp³-hybridized carbons (Fsp3) is 0.789. The van der Waals surface area contributed by atoms with Crippen molar-refractivity contribution in [1.82, 2.24) is 5.32 Å². The molecule has 0 aliphatic carbocycles. The van der Waals surface area contributed by atoms with Gasteiger partial charge in [-0.15, -0.1) is 0 Å². The molecule has 0 rings (SSSR count). The number of hydrogen-bond acceptors (Lipinski definition) is 2. The average molecular weight is 325 g/mol. The number of carboxylic acids is 1. The zero-order valence-electron chi connectivity index (χ0n) is 14.8. The van der Waals surface area contributed by atoms with Crippen LogP contribution in [0.15, 0.2) is 12.2 Å². The van der Waals surface area contributed by atoms with Gasteiger partial charge in [0.2, 0.25) is 5.91 Å². The molecular weight excluding hydrogens is 290 g/mol. The first kappa shape index (κ1) is 21.7. The fourth-order valence-corrected chi connectivity index (χ4v) is 2.44. The first-order valence-electron chi connectivity index (χ1n) is 9.30. The third-order valence-electron chi connectivity index (χ3n) is 3.85. The summed E-state index contributed by atoms with van der Waals surface area (Å²) in [6.45, 7) is 1.97. The molecule has 0 saturated carbocycles. The Labute approximate surface area is 141 Å². The molecule has 4 heteroatoms. The van der Waals surface area contributed by atoms with Gasteiger partial charge in [-0.05, 0) is 32.1 Å². The summed E-state index contributed by atoms with van der Waals surface area (Å²) < 4.78 is 0. The largest absolute Gasteiger partial charge is 0.480 e. The number of aliphatic carboxylic acids is 1. The lowest BCUT2D eigenvalue weighted by molar-refractivity contribution is -0.137. The van der Waals surface area contributed by atoms with Crippen LogP contribution in [0.2, 0.25) is 0 Å². The Morgan fingerprint density at radius 2 is 1.35 bits per heavy atom. The minimum atomic E-state index is -0.993. The molecule has 0 radical (unpaired) electrons. The predicted molar refractivity (Wildman–Crippen MR) is 95.5 cm³/mol. The molecule has 0 atom stereocenters. The molecule has 4 nitrogen and oxygen atoms in total. The molecule has 0 bridgehead atoms. The Hall–Kier alpha value is -1.32. The van der Waals surface area contributed by atoms with E-state index in [0.29, 0.717) is 6.42 Å². The Bertz CT molecular complexity index is 327. The minimum absolute atomic E-state index is 0.158. The van der Waals surface area contributed by atoms with Gasteiger partial charge < -0.3 is 10.4 Å². The summed E-state index contributed by atoms with van der Waals surface area (Å²) in [7, 11) is 0. The van der Waals surface area contributed by atoms with Crippen molar-refractivity contribution in [2.24, 2.45) is 0 Å². The summed E-state index contributed by atoms with van der Waals surface area (Å²) in [5.41, 5.74) is 0. The molecule has 1 amide bonds. The highest BCUT2D eigenvalue weighted by Gasteiger charge is 2.02. The summed E-state index contributed by atoms with van der Waals surface area (Å²) in [5, 5.41) is 10.8. The summed E-state index contributed by atoms with van der Waals surface area (Å²) in [6, 6.07) is 0. The predicted octanol–water partition coefficient (Wildman–Crippen LogP) is 4.83. The molecular formula is C19H35NO3. The van der Waals surface area contributed by atoms with Crippen molar-refractivity contribution in [3.05, 3.63) is 12.2 Å². The van der Waals surface area contributed by atoms with Crippen LogP contribution < -0.4 is 5.32 Å². The fourth-order valence-electron chi connectivity index (χ4n) is 2.44. The Morgan fingerprint density at radius 3 is 1.91 bits per heavy atom. The maximum absolute atomic E-state index is 11.3. The van der Waals surface area contributed by atoms with E-state index in [-0.39, 0.29) is 12.5 Å². The van der Waals surface area contributed by atoms with Crippen molar-refractivity contribution in [2.45, 2.75) is 90.4 Å². The minimum Gasteiger partial charge on any atom is -0.480 e. The highest BCUT2D eigenvalue weighted by Crippen LogP contribution is 2.09. The number of rotatable bonds is 16. The number of nitrogens with one attached hydrogen (secondary N) is 1. The van der Waals surface area contributed by atoms with E-state index >= 15 is 0 Å². The first-order valence-corrected chi connectivity index (χ1v) is 9.30. The zero-order chi connectivity index (χ0) is 17.2. The molecule has 0 spiro atoms. The molecule has 0 aliphatic heterocycles. The molecule has 0 aliphatic rings. The van der Waals surface area contributed by atoms with Gasteiger partial charge in [-0.1, -0.05) is 64.0 Å². The second kappa shape index (κ2) is 17.0. The van der Waals surface area contributed by atoms with Crippen LogP contribution in [-0.4, -0.2) is 23.5 Å². The smallest absolute Gasteiger partial charge is 0.322 e. The second-order valence-electron chi connectivity index (χ2n) is 6.15. The summed E-state index contributed by atoms with van der Waals surface area (Å²) in [6.07, 6.45) is 19.6. The molecule has 0 aromatic heterocycles. The summed E-state index contributed by atoms with van der Waals surface area (Å²) in [5.74, 6) is -1.15. The van der Waals surface area contributed by atoms with Gasteiger partial charge in [0.1, 0.15) is 6.54 Å². The SMILES string of the molecule is CCCCCCC/C=C\CCCCCCCC(=O)NCC(=O)O.